The molecule has 0 bridgehead atoms. The van der Waals surface area contributed by atoms with Crippen LogP contribution >= 0.6 is 0 Å². The smallest absolute Gasteiger partial charge is 0.411 e. The van der Waals surface area contributed by atoms with E-state index < -0.39 is 59.6 Å². The maximum Gasteiger partial charge on any atom is 0.411 e. The average Bonchev–Trinajstić information content (AvgIpc) is 3.05. The molecule has 1 aromatic heterocycles. The van der Waals surface area contributed by atoms with E-state index in [2.05, 4.69) is 5.32 Å². The molecule has 1 saturated heterocycles. The van der Waals surface area contributed by atoms with Gasteiger partial charge in [-0.25, -0.2) is 13.6 Å². The van der Waals surface area contributed by atoms with Crippen LogP contribution in [-0.4, -0.2) is 66.2 Å². The molecule has 2 aliphatic rings. The van der Waals surface area contributed by atoms with Crippen LogP contribution in [-0.2, 0) is 29.4 Å². The number of hydrogen-bond acceptors (Lipinski definition) is 6. The number of alkyl halides is 3. The lowest BCUT2D eigenvalue weighted by molar-refractivity contribution is -0.167. The molecule has 1 amide bonds. The van der Waals surface area contributed by atoms with Crippen LogP contribution < -0.4 is 20.5 Å². The number of amides is 1. The molecule has 14 heteroatoms. The minimum Gasteiger partial charge on any atom is -0.493 e. The van der Waals surface area contributed by atoms with Gasteiger partial charge in [0.25, 0.3) is 11.5 Å². The van der Waals surface area contributed by atoms with Gasteiger partial charge in [0, 0.05) is 31.3 Å². The molecule has 1 fully saturated rings. The van der Waals surface area contributed by atoms with Gasteiger partial charge in [0.15, 0.2) is 0 Å². The maximum absolute atomic E-state index is 15.2. The van der Waals surface area contributed by atoms with Crippen LogP contribution in [0.3, 0.4) is 0 Å². The molecule has 9 nitrogen and oxygen atoms in total. The number of hydrogen-bond donors (Lipinski definition) is 2. The van der Waals surface area contributed by atoms with Crippen LogP contribution in [0.5, 0.6) is 5.75 Å². The highest BCUT2D eigenvalue weighted by atomic mass is 19.4. The van der Waals surface area contributed by atoms with Crippen LogP contribution in [0.1, 0.15) is 27.9 Å². The largest absolute Gasteiger partial charge is 0.493 e. The lowest BCUT2D eigenvalue weighted by Gasteiger charge is -2.38. The number of halogens is 5. The summed E-state index contributed by atoms with van der Waals surface area (Å²) in [5.41, 5.74) is 0.953. The Morgan fingerprint density at radius 2 is 1.77 bits per heavy atom. The van der Waals surface area contributed by atoms with Gasteiger partial charge in [-0.2, -0.15) is 13.2 Å². The summed E-state index contributed by atoms with van der Waals surface area (Å²) in [5.74, 6) is -5.37. The van der Waals surface area contributed by atoms with Gasteiger partial charge in [0.2, 0.25) is 0 Å². The second-order valence-corrected chi connectivity index (χ2v) is 11.7. The molecule has 3 aromatic carbocycles. The van der Waals surface area contributed by atoms with Gasteiger partial charge in [0.05, 0.1) is 30.9 Å². The van der Waals surface area contributed by atoms with Gasteiger partial charge in [-0.05, 0) is 53.6 Å². The highest BCUT2D eigenvalue weighted by molar-refractivity contribution is 5.97. The number of carbonyl (C=O) groups is 2. The summed E-state index contributed by atoms with van der Waals surface area (Å²) in [4.78, 5) is 39.5. The normalized spacial score (nSPS) is 17.0. The minimum absolute atomic E-state index is 0.104. The molecular formula is C34H30F5N3O6. The number of nitrogens with one attached hydrogen (secondary N) is 1. The fourth-order valence-electron chi connectivity index (χ4n) is 6.33. The van der Waals surface area contributed by atoms with Crippen molar-refractivity contribution in [2.75, 3.05) is 31.3 Å². The molecule has 2 unspecified atom stereocenters. The Bertz CT molecular complexity index is 1950. The standard InChI is InChI=1S/C34H30F5N3O6/c1-41-27-7-3-2-5-19(27)13-23(32(41)44)22-9-8-18(21-6-4-11-48-30(21)22)14-26(33(45)46)40-31(43)29-24(35)15-20(16-25(29)36)42-10-12-47-17-28(42)34(37,38)39/h2-3,5,7-9,13,15-16,26,28H,4,6,10-12,14,17H2,1H3,(H,40,43)(H,45,46). The summed E-state index contributed by atoms with van der Waals surface area (Å²) in [6.45, 7) is -0.770. The summed E-state index contributed by atoms with van der Waals surface area (Å²) < 4.78 is 83.4. The number of morpholine rings is 1. The quantitative estimate of drug-likeness (QED) is 0.266. The predicted molar refractivity (Wildman–Crippen MR) is 165 cm³/mol. The van der Waals surface area contributed by atoms with E-state index in [1.54, 1.807) is 25.2 Å². The first-order valence-corrected chi connectivity index (χ1v) is 15.2. The lowest BCUT2D eigenvalue weighted by atomic mass is 9.90. The molecule has 0 radical (unpaired) electrons. The van der Waals surface area contributed by atoms with E-state index in [-0.39, 0.29) is 25.1 Å². The second-order valence-electron chi connectivity index (χ2n) is 11.7. The highest BCUT2D eigenvalue weighted by Crippen LogP contribution is 2.39. The molecule has 2 atom stereocenters. The number of aromatic nitrogens is 1. The molecule has 252 valence electrons. The Morgan fingerprint density at radius 3 is 2.48 bits per heavy atom. The number of benzene rings is 3. The molecule has 4 aromatic rings. The third kappa shape index (κ3) is 6.19. The van der Waals surface area contributed by atoms with Crippen molar-refractivity contribution in [3.8, 4) is 16.9 Å². The van der Waals surface area contributed by atoms with E-state index in [0.717, 1.165) is 15.8 Å². The number of aliphatic carboxylic acids is 1. The van der Waals surface area contributed by atoms with E-state index in [9.17, 15) is 32.7 Å². The summed E-state index contributed by atoms with van der Waals surface area (Å²) in [6, 6.07) is 9.86. The average molecular weight is 672 g/mol. The first kappa shape index (κ1) is 32.9. The Labute approximate surface area is 270 Å². The Balaban J connectivity index is 1.28. The Kier molecular flexibility index (Phi) is 8.86. The van der Waals surface area contributed by atoms with Gasteiger partial charge in [-0.1, -0.05) is 30.3 Å². The number of carboxylic acid groups (broad SMARTS) is 1. The zero-order valence-corrected chi connectivity index (χ0v) is 25.6. The van der Waals surface area contributed by atoms with E-state index in [1.165, 1.54) is 4.57 Å². The number of anilines is 1. The van der Waals surface area contributed by atoms with E-state index in [0.29, 0.717) is 59.6 Å². The third-order valence-electron chi connectivity index (χ3n) is 8.72. The van der Waals surface area contributed by atoms with Crippen molar-refractivity contribution in [2.24, 2.45) is 7.05 Å². The minimum atomic E-state index is -4.74. The SMILES string of the molecule is Cn1c(=O)c(-c2ccc(CC(NC(=O)c3c(F)cc(N4CCOCC4C(F)(F)F)cc3F)C(=O)O)c3c2OCCC3)cc2ccccc21. The number of aryl methyl sites for hydroxylation is 1. The van der Waals surface area contributed by atoms with E-state index >= 15 is 8.78 Å². The van der Waals surface area contributed by atoms with Gasteiger partial charge in [-0.15, -0.1) is 0 Å². The van der Waals surface area contributed by atoms with E-state index in [4.69, 9.17) is 9.47 Å². The number of ether oxygens (including phenoxy) is 2. The van der Waals surface area contributed by atoms with Crippen LogP contribution in [0, 0.1) is 11.6 Å². The predicted octanol–water partition coefficient (Wildman–Crippen LogP) is 5.00. The fourth-order valence-corrected chi connectivity index (χ4v) is 6.33. The zero-order valence-electron chi connectivity index (χ0n) is 25.6. The molecule has 48 heavy (non-hydrogen) atoms. The summed E-state index contributed by atoms with van der Waals surface area (Å²) in [7, 11) is 1.66. The number of para-hydroxylation sites is 1. The van der Waals surface area contributed by atoms with Crippen molar-refractivity contribution < 1.29 is 46.1 Å². The van der Waals surface area contributed by atoms with Crippen LogP contribution in [0.2, 0.25) is 0 Å². The lowest BCUT2D eigenvalue weighted by Crippen LogP contribution is -2.53. The third-order valence-corrected chi connectivity index (χ3v) is 8.72. The molecule has 2 aliphatic heterocycles. The van der Waals surface area contributed by atoms with Gasteiger partial charge in [-0.3, -0.25) is 9.59 Å². The molecule has 2 N–H and O–H groups in total. The molecule has 3 heterocycles. The Hall–Kier alpha value is -4.98. The van der Waals surface area contributed by atoms with Crippen molar-refractivity contribution in [3.05, 3.63) is 93.3 Å². The topological polar surface area (TPSA) is 110 Å². The molecular weight excluding hydrogens is 641 g/mol. The summed E-state index contributed by atoms with van der Waals surface area (Å²) >= 11 is 0. The molecule has 0 saturated carbocycles. The first-order chi connectivity index (χ1) is 22.8. The second kappa shape index (κ2) is 12.9. The first-order valence-electron chi connectivity index (χ1n) is 15.2. The van der Waals surface area contributed by atoms with Crippen molar-refractivity contribution in [1.82, 2.24) is 9.88 Å². The highest BCUT2D eigenvalue weighted by Gasteiger charge is 2.46. The van der Waals surface area contributed by atoms with Crippen LogP contribution in [0.4, 0.5) is 27.6 Å². The molecule has 0 aliphatic carbocycles. The van der Waals surface area contributed by atoms with E-state index in [1.807, 2.05) is 24.3 Å². The van der Waals surface area contributed by atoms with Crippen molar-refractivity contribution >= 4 is 28.5 Å². The van der Waals surface area contributed by atoms with Gasteiger partial charge in [0.1, 0.15) is 35.0 Å². The summed E-state index contributed by atoms with van der Waals surface area (Å²) in [5, 5.41) is 13.0. The Morgan fingerprint density at radius 1 is 1.04 bits per heavy atom. The molecule has 0 spiro atoms. The monoisotopic (exact) mass is 671 g/mol. The van der Waals surface area contributed by atoms with Crippen LogP contribution in [0.15, 0.2) is 59.4 Å². The number of fused-ring (bicyclic) bond motifs is 2. The number of pyridine rings is 1. The van der Waals surface area contributed by atoms with Gasteiger partial charge < -0.3 is 29.4 Å². The number of carboxylic acids is 1. The van der Waals surface area contributed by atoms with Crippen molar-refractivity contribution in [1.29, 1.82) is 0 Å². The van der Waals surface area contributed by atoms with Crippen molar-refractivity contribution in [3.63, 3.8) is 0 Å². The number of rotatable bonds is 7. The zero-order chi connectivity index (χ0) is 34.3. The van der Waals surface area contributed by atoms with Gasteiger partial charge >= 0.3 is 12.1 Å². The number of carbonyl (C=O) groups excluding carboxylic acids is 1. The summed E-state index contributed by atoms with van der Waals surface area (Å²) in [6.07, 6.45) is -3.95. The fraction of sp³-hybridized carbons (Fsp3) is 0.324. The number of nitrogens with zero attached hydrogens (tertiary/aromatic N) is 2. The van der Waals surface area contributed by atoms with Crippen molar-refractivity contribution in [2.45, 2.75) is 37.5 Å². The van der Waals surface area contributed by atoms with Crippen LogP contribution in [0.25, 0.3) is 22.0 Å². The maximum atomic E-state index is 15.2. The molecule has 6 rings (SSSR count).